The Bertz CT molecular complexity index is 795. The number of carbonyl (C=O) groups is 2. The molecule has 0 radical (unpaired) electrons. The second kappa shape index (κ2) is 6.65. The lowest BCUT2D eigenvalue weighted by atomic mass is 10.1. The third kappa shape index (κ3) is 3.43. The third-order valence-corrected chi connectivity index (χ3v) is 4.43. The number of hydrogen-bond acceptors (Lipinski definition) is 5. The van der Waals surface area contributed by atoms with Gasteiger partial charge in [-0.3, -0.25) is 14.5 Å². The maximum Gasteiger partial charge on any atom is 0.254 e. The van der Waals surface area contributed by atoms with Crippen molar-refractivity contribution in [3.05, 3.63) is 35.2 Å². The first-order valence-electron chi connectivity index (χ1n) is 8.20. The van der Waals surface area contributed by atoms with E-state index < -0.39 is 0 Å². The minimum atomic E-state index is 0.0133. The molecule has 126 valence electrons. The van der Waals surface area contributed by atoms with Crippen LogP contribution in [-0.2, 0) is 4.79 Å². The number of nitrogens with zero attached hydrogens (tertiary/aromatic N) is 4. The number of fused-ring (bicyclic) bond motifs is 1. The van der Waals surface area contributed by atoms with E-state index in [-0.39, 0.29) is 11.7 Å². The standard InChI is InChI=1S/C18H22N4O2/c1-12(23)11-21-6-8-22(9-7-21)18(24)15-4-5-16-17(10-15)20-14(3)13(2)19-16/h4-5,10H,6-9,11H2,1-3H3. The fraction of sp³-hybridized carbons (Fsp3) is 0.444. The first-order chi connectivity index (χ1) is 11.4. The Morgan fingerprint density at radius 1 is 1.00 bits per heavy atom. The topological polar surface area (TPSA) is 66.4 Å². The van der Waals surface area contributed by atoms with Crippen LogP contribution in [0.2, 0.25) is 0 Å². The molecule has 0 unspecified atom stereocenters. The van der Waals surface area contributed by atoms with Crippen molar-refractivity contribution >= 4 is 22.7 Å². The van der Waals surface area contributed by atoms with Crippen LogP contribution in [0, 0.1) is 13.8 Å². The molecule has 6 heteroatoms. The second-order valence-corrected chi connectivity index (χ2v) is 6.37. The Hall–Kier alpha value is -2.34. The van der Waals surface area contributed by atoms with E-state index in [0.29, 0.717) is 25.2 Å². The van der Waals surface area contributed by atoms with Crippen LogP contribution in [0.15, 0.2) is 18.2 Å². The fourth-order valence-corrected chi connectivity index (χ4v) is 2.97. The van der Waals surface area contributed by atoms with Crippen molar-refractivity contribution in [2.45, 2.75) is 20.8 Å². The van der Waals surface area contributed by atoms with Crippen LogP contribution < -0.4 is 0 Å². The van der Waals surface area contributed by atoms with E-state index in [9.17, 15) is 9.59 Å². The van der Waals surface area contributed by atoms with Gasteiger partial charge in [-0.15, -0.1) is 0 Å². The van der Waals surface area contributed by atoms with Gasteiger partial charge >= 0.3 is 0 Å². The summed E-state index contributed by atoms with van der Waals surface area (Å²) >= 11 is 0. The predicted molar refractivity (Wildman–Crippen MR) is 92.0 cm³/mol. The van der Waals surface area contributed by atoms with Crippen molar-refractivity contribution < 1.29 is 9.59 Å². The fourth-order valence-electron chi connectivity index (χ4n) is 2.97. The number of rotatable bonds is 3. The Labute approximate surface area is 141 Å². The number of Topliss-reactive ketones (excluding diaryl/α,β-unsaturated/α-hetero) is 1. The average Bonchev–Trinajstić information content (AvgIpc) is 2.55. The molecular formula is C18H22N4O2. The van der Waals surface area contributed by atoms with Gasteiger partial charge in [0, 0.05) is 31.7 Å². The molecule has 0 saturated carbocycles. The number of amides is 1. The summed E-state index contributed by atoms with van der Waals surface area (Å²) in [6, 6.07) is 5.49. The lowest BCUT2D eigenvalue weighted by molar-refractivity contribution is -0.118. The van der Waals surface area contributed by atoms with Gasteiger partial charge in [-0.05, 0) is 39.0 Å². The molecule has 0 N–H and O–H groups in total. The second-order valence-electron chi connectivity index (χ2n) is 6.37. The van der Waals surface area contributed by atoms with Gasteiger partial charge < -0.3 is 4.90 Å². The number of piperazine rings is 1. The van der Waals surface area contributed by atoms with Crippen molar-refractivity contribution in [3.8, 4) is 0 Å². The minimum absolute atomic E-state index is 0.0133. The van der Waals surface area contributed by atoms with Gasteiger partial charge in [0.05, 0.1) is 29.0 Å². The summed E-state index contributed by atoms with van der Waals surface area (Å²) in [4.78, 5) is 36.9. The number of aryl methyl sites for hydroxylation is 2. The Balaban J connectivity index is 1.75. The van der Waals surface area contributed by atoms with E-state index in [2.05, 4.69) is 14.9 Å². The molecule has 1 aliphatic rings. The van der Waals surface area contributed by atoms with Crippen LogP contribution in [0.5, 0.6) is 0 Å². The van der Waals surface area contributed by atoms with Gasteiger partial charge in [0.15, 0.2) is 0 Å². The number of hydrogen-bond donors (Lipinski definition) is 0. The zero-order valence-corrected chi connectivity index (χ0v) is 14.4. The molecule has 24 heavy (non-hydrogen) atoms. The summed E-state index contributed by atoms with van der Waals surface area (Å²) in [6.45, 7) is 8.66. The molecule has 1 amide bonds. The first-order valence-corrected chi connectivity index (χ1v) is 8.20. The highest BCUT2D eigenvalue weighted by atomic mass is 16.2. The summed E-state index contributed by atoms with van der Waals surface area (Å²) < 4.78 is 0. The summed E-state index contributed by atoms with van der Waals surface area (Å²) in [7, 11) is 0. The van der Waals surface area contributed by atoms with Crippen LogP contribution in [-0.4, -0.2) is 64.2 Å². The van der Waals surface area contributed by atoms with Crippen LogP contribution in [0.1, 0.15) is 28.7 Å². The van der Waals surface area contributed by atoms with E-state index in [1.54, 1.807) is 6.92 Å². The smallest absolute Gasteiger partial charge is 0.254 e. The van der Waals surface area contributed by atoms with E-state index in [1.165, 1.54) is 0 Å². The molecule has 1 aromatic heterocycles. The summed E-state index contributed by atoms with van der Waals surface area (Å²) in [5.41, 5.74) is 3.98. The van der Waals surface area contributed by atoms with Crippen molar-refractivity contribution in [1.29, 1.82) is 0 Å². The quantitative estimate of drug-likeness (QED) is 0.857. The summed E-state index contributed by atoms with van der Waals surface area (Å²) in [6.07, 6.45) is 0. The van der Waals surface area contributed by atoms with Crippen molar-refractivity contribution in [3.63, 3.8) is 0 Å². The van der Waals surface area contributed by atoms with Crippen LogP contribution >= 0.6 is 0 Å². The summed E-state index contributed by atoms with van der Waals surface area (Å²) in [5.74, 6) is 0.174. The number of benzene rings is 1. The van der Waals surface area contributed by atoms with Gasteiger partial charge in [-0.2, -0.15) is 0 Å². The van der Waals surface area contributed by atoms with Crippen molar-refractivity contribution in [1.82, 2.24) is 19.8 Å². The first kappa shape index (κ1) is 16.5. The third-order valence-electron chi connectivity index (χ3n) is 4.43. The molecule has 6 nitrogen and oxygen atoms in total. The molecule has 0 spiro atoms. The molecule has 1 aliphatic heterocycles. The number of ketones is 1. The Kier molecular flexibility index (Phi) is 4.57. The van der Waals surface area contributed by atoms with Crippen LogP contribution in [0.4, 0.5) is 0 Å². The highest BCUT2D eigenvalue weighted by Crippen LogP contribution is 2.16. The average molecular weight is 326 g/mol. The Morgan fingerprint density at radius 2 is 1.62 bits per heavy atom. The summed E-state index contributed by atoms with van der Waals surface area (Å²) in [5, 5.41) is 0. The molecule has 2 aromatic rings. The number of aromatic nitrogens is 2. The monoisotopic (exact) mass is 326 g/mol. The predicted octanol–water partition coefficient (Wildman–Crippen LogP) is 1.59. The molecule has 0 atom stereocenters. The lowest BCUT2D eigenvalue weighted by Crippen LogP contribution is -2.49. The lowest BCUT2D eigenvalue weighted by Gasteiger charge is -2.34. The maximum absolute atomic E-state index is 12.7. The van der Waals surface area contributed by atoms with Crippen LogP contribution in [0.25, 0.3) is 11.0 Å². The van der Waals surface area contributed by atoms with E-state index in [1.807, 2.05) is 36.9 Å². The minimum Gasteiger partial charge on any atom is -0.336 e. The molecule has 0 aliphatic carbocycles. The highest BCUT2D eigenvalue weighted by Gasteiger charge is 2.23. The van der Waals surface area contributed by atoms with E-state index in [0.717, 1.165) is 35.5 Å². The number of carbonyl (C=O) groups excluding carboxylic acids is 2. The van der Waals surface area contributed by atoms with Crippen LogP contribution in [0.3, 0.4) is 0 Å². The van der Waals surface area contributed by atoms with Gasteiger partial charge in [-0.25, -0.2) is 9.97 Å². The molecule has 2 heterocycles. The zero-order chi connectivity index (χ0) is 17.3. The molecule has 1 fully saturated rings. The molecular weight excluding hydrogens is 304 g/mol. The molecule has 0 bridgehead atoms. The van der Waals surface area contributed by atoms with Crippen molar-refractivity contribution in [2.24, 2.45) is 0 Å². The van der Waals surface area contributed by atoms with E-state index >= 15 is 0 Å². The molecule has 1 aromatic carbocycles. The molecule has 3 rings (SSSR count). The van der Waals surface area contributed by atoms with Crippen molar-refractivity contribution in [2.75, 3.05) is 32.7 Å². The Morgan fingerprint density at radius 3 is 2.25 bits per heavy atom. The van der Waals surface area contributed by atoms with Gasteiger partial charge in [-0.1, -0.05) is 0 Å². The largest absolute Gasteiger partial charge is 0.336 e. The highest BCUT2D eigenvalue weighted by molar-refractivity contribution is 5.97. The zero-order valence-electron chi connectivity index (χ0n) is 14.4. The SMILES string of the molecule is CC(=O)CN1CCN(C(=O)c2ccc3nc(C)c(C)nc3c2)CC1. The van der Waals surface area contributed by atoms with E-state index in [4.69, 9.17) is 0 Å². The van der Waals surface area contributed by atoms with Gasteiger partial charge in [0.2, 0.25) is 0 Å². The van der Waals surface area contributed by atoms with Gasteiger partial charge in [0.1, 0.15) is 5.78 Å². The molecule has 1 saturated heterocycles. The normalized spacial score (nSPS) is 15.7. The maximum atomic E-state index is 12.7. The van der Waals surface area contributed by atoms with Gasteiger partial charge in [0.25, 0.3) is 5.91 Å².